The Labute approximate surface area is 433 Å². The molecule has 1 aliphatic rings. The van der Waals surface area contributed by atoms with Crippen molar-refractivity contribution >= 4 is 5.91 Å². The predicted octanol–water partition coefficient (Wildman–Crippen LogP) is 14.0. The summed E-state index contributed by atoms with van der Waals surface area (Å²) >= 11 is 0. The Morgan fingerprint density at radius 1 is 0.493 bits per heavy atom. The summed E-state index contributed by atoms with van der Waals surface area (Å²) in [4.78, 5) is 13.0. The molecule has 7 unspecified atom stereocenters. The van der Waals surface area contributed by atoms with Crippen molar-refractivity contribution in [3.8, 4) is 0 Å². The van der Waals surface area contributed by atoms with E-state index in [2.05, 4.69) is 129 Å². The van der Waals surface area contributed by atoms with Crippen LogP contribution in [0.3, 0.4) is 0 Å². The van der Waals surface area contributed by atoms with Gasteiger partial charge in [0.05, 0.1) is 25.4 Å². The first-order chi connectivity index (χ1) is 34.8. The number of nitrogens with one attached hydrogen (secondary N) is 1. The number of amides is 1. The number of allylic oxidation sites excluding steroid dienone is 19. The molecule has 0 bridgehead atoms. The standard InChI is InChI=1S/C62H103NO8/c1-3-5-7-9-11-13-15-16-17-18-19-20-21-22-23-24-25-26-27-28-29-30-31-32-33-34-35-36-37-38-39-40-42-44-46-48-50-52-58(66)63-55(54-70-62-61(69)60(68)59(67)57(53-64)71-62)56(65)51-49-47-45-43-41-14-12-10-8-6-4-2/h5,7-8,10-11,13,16-17,19-20,22-23,25-26,28-29,41,43,49,51,55-57,59-62,64-65,67-69H,3-4,6,9,12,14-15,18,21,24,27,30-40,42,44-48,50,52-54H2,1-2H3,(H,63,66)/b7-5-,10-8+,13-11-,17-16-,20-19-,23-22-,26-25-,29-28-,43-41+,51-49+. The minimum atomic E-state index is -1.58. The van der Waals surface area contributed by atoms with Gasteiger partial charge in [-0.3, -0.25) is 4.79 Å². The van der Waals surface area contributed by atoms with Crippen LogP contribution in [-0.2, 0) is 14.3 Å². The van der Waals surface area contributed by atoms with Gasteiger partial charge in [-0.15, -0.1) is 0 Å². The van der Waals surface area contributed by atoms with Crippen molar-refractivity contribution in [2.75, 3.05) is 13.2 Å². The summed E-state index contributed by atoms with van der Waals surface area (Å²) in [5, 5.41) is 54.2. The molecule has 0 saturated carbocycles. The van der Waals surface area contributed by atoms with Crippen LogP contribution in [0.4, 0.5) is 0 Å². The number of hydrogen-bond donors (Lipinski definition) is 6. The summed E-state index contributed by atoms with van der Waals surface area (Å²) in [5.41, 5.74) is 0. The van der Waals surface area contributed by atoms with E-state index in [1.807, 2.05) is 6.08 Å². The molecule has 6 N–H and O–H groups in total. The molecule has 404 valence electrons. The first kappa shape index (κ1) is 65.6. The van der Waals surface area contributed by atoms with E-state index in [9.17, 15) is 30.3 Å². The quantitative estimate of drug-likeness (QED) is 0.0261. The fraction of sp³-hybridized carbons (Fsp3) is 0.661. The summed E-state index contributed by atoms with van der Waals surface area (Å²) in [5.74, 6) is -0.198. The monoisotopic (exact) mass is 990 g/mol. The van der Waals surface area contributed by atoms with Crippen LogP contribution in [0.15, 0.2) is 122 Å². The lowest BCUT2D eigenvalue weighted by atomic mass is 9.99. The molecule has 0 radical (unpaired) electrons. The van der Waals surface area contributed by atoms with Crippen molar-refractivity contribution in [2.24, 2.45) is 0 Å². The zero-order valence-electron chi connectivity index (χ0n) is 44.7. The summed E-state index contributed by atoms with van der Waals surface area (Å²) in [6.07, 6.45) is 68.6. The zero-order valence-corrected chi connectivity index (χ0v) is 44.7. The van der Waals surface area contributed by atoms with Crippen LogP contribution in [-0.4, -0.2) is 87.5 Å². The van der Waals surface area contributed by atoms with E-state index in [4.69, 9.17) is 9.47 Å². The van der Waals surface area contributed by atoms with Gasteiger partial charge in [0.15, 0.2) is 6.29 Å². The summed E-state index contributed by atoms with van der Waals surface area (Å²) in [6, 6.07) is -0.833. The third-order valence-electron chi connectivity index (χ3n) is 12.5. The van der Waals surface area contributed by atoms with Crippen LogP contribution in [0.25, 0.3) is 0 Å². The highest BCUT2D eigenvalue weighted by Gasteiger charge is 2.44. The van der Waals surface area contributed by atoms with Crippen molar-refractivity contribution in [3.05, 3.63) is 122 Å². The third-order valence-corrected chi connectivity index (χ3v) is 12.5. The fourth-order valence-electron chi connectivity index (χ4n) is 8.06. The Balaban J connectivity index is 2.11. The predicted molar refractivity (Wildman–Crippen MR) is 299 cm³/mol. The second kappa shape index (κ2) is 50.1. The molecular weight excluding hydrogens is 887 g/mol. The average molecular weight is 991 g/mol. The van der Waals surface area contributed by atoms with E-state index < -0.39 is 49.5 Å². The second-order valence-electron chi connectivity index (χ2n) is 19.0. The van der Waals surface area contributed by atoms with Gasteiger partial charge in [0.1, 0.15) is 24.4 Å². The van der Waals surface area contributed by atoms with Gasteiger partial charge in [0.25, 0.3) is 0 Å². The normalized spacial score (nSPS) is 20.2. The lowest BCUT2D eigenvalue weighted by molar-refractivity contribution is -0.302. The molecule has 1 saturated heterocycles. The summed E-state index contributed by atoms with van der Waals surface area (Å²) in [7, 11) is 0. The molecule has 7 atom stereocenters. The number of aliphatic hydroxyl groups is 5. The molecule has 0 spiro atoms. The van der Waals surface area contributed by atoms with E-state index in [-0.39, 0.29) is 12.5 Å². The Bertz CT molecular complexity index is 1520. The molecular formula is C62H103NO8. The van der Waals surface area contributed by atoms with Gasteiger partial charge >= 0.3 is 0 Å². The number of unbranched alkanes of at least 4 members (excludes halogenated alkanes) is 18. The molecule has 1 heterocycles. The molecule has 1 rings (SSSR count). The Morgan fingerprint density at radius 2 is 0.887 bits per heavy atom. The topological polar surface area (TPSA) is 149 Å². The average Bonchev–Trinajstić information content (AvgIpc) is 3.37. The van der Waals surface area contributed by atoms with E-state index >= 15 is 0 Å². The Morgan fingerprint density at radius 3 is 1.34 bits per heavy atom. The Kier molecular flexibility index (Phi) is 46.3. The van der Waals surface area contributed by atoms with E-state index in [0.29, 0.717) is 6.42 Å². The summed E-state index contributed by atoms with van der Waals surface area (Å²) in [6.45, 7) is 3.55. The zero-order chi connectivity index (χ0) is 51.5. The van der Waals surface area contributed by atoms with Crippen LogP contribution >= 0.6 is 0 Å². The van der Waals surface area contributed by atoms with Crippen LogP contribution in [0.5, 0.6) is 0 Å². The molecule has 1 aliphatic heterocycles. The molecule has 9 heteroatoms. The SMILES string of the molecule is CC/C=C\C/C=C\C/C=C\C/C=C\C/C=C\C/C=C\C/C=C\CCCCCCCCCCCCCCCCCC(=O)NC(COC1OC(CO)C(O)C(O)C1O)C(O)/C=C/CC/C=C/CC/C=C/CCC. The lowest BCUT2D eigenvalue weighted by Gasteiger charge is -2.40. The van der Waals surface area contributed by atoms with Crippen LogP contribution in [0.2, 0.25) is 0 Å². The lowest BCUT2D eigenvalue weighted by Crippen LogP contribution is -2.60. The molecule has 0 aliphatic carbocycles. The third kappa shape index (κ3) is 39.8. The molecule has 71 heavy (non-hydrogen) atoms. The van der Waals surface area contributed by atoms with Crippen LogP contribution < -0.4 is 5.32 Å². The summed E-state index contributed by atoms with van der Waals surface area (Å²) < 4.78 is 11.2. The maximum atomic E-state index is 13.0. The van der Waals surface area contributed by atoms with Crippen molar-refractivity contribution in [2.45, 2.75) is 249 Å². The van der Waals surface area contributed by atoms with E-state index in [0.717, 1.165) is 103 Å². The largest absolute Gasteiger partial charge is 0.394 e. The minimum Gasteiger partial charge on any atom is -0.394 e. The highest BCUT2D eigenvalue weighted by Crippen LogP contribution is 2.23. The number of carbonyl (C=O) groups excluding carboxylic acids is 1. The van der Waals surface area contributed by atoms with Gasteiger partial charge in [-0.25, -0.2) is 0 Å². The second-order valence-corrected chi connectivity index (χ2v) is 19.0. The van der Waals surface area contributed by atoms with Gasteiger partial charge in [-0.2, -0.15) is 0 Å². The fourth-order valence-corrected chi connectivity index (χ4v) is 8.06. The first-order valence-corrected chi connectivity index (χ1v) is 28.3. The smallest absolute Gasteiger partial charge is 0.220 e. The maximum absolute atomic E-state index is 13.0. The van der Waals surface area contributed by atoms with Gasteiger partial charge in [-0.1, -0.05) is 225 Å². The number of carbonyl (C=O) groups is 1. The van der Waals surface area contributed by atoms with Gasteiger partial charge in [0, 0.05) is 6.42 Å². The molecule has 0 aromatic heterocycles. The van der Waals surface area contributed by atoms with Crippen molar-refractivity contribution in [1.82, 2.24) is 5.32 Å². The number of ether oxygens (including phenoxy) is 2. The van der Waals surface area contributed by atoms with Gasteiger partial charge in [-0.05, 0) is 96.3 Å². The maximum Gasteiger partial charge on any atom is 0.220 e. The van der Waals surface area contributed by atoms with Crippen molar-refractivity contribution in [3.63, 3.8) is 0 Å². The van der Waals surface area contributed by atoms with Gasteiger partial charge in [0.2, 0.25) is 5.91 Å². The highest BCUT2D eigenvalue weighted by molar-refractivity contribution is 5.76. The molecule has 9 nitrogen and oxygen atoms in total. The molecule has 1 fully saturated rings. The molecule has 0 aromatic rings. The van der Waals surface area contributed by atoms with Crippen molar-refractivity contribution in [1.29, 1.82) is 0 Å². The van der Waals surface area contributed by atoms with Gasteiger partial charge < -0.3 is 40.3 Å². The molecule has 0 aromatic carbocycles. The Hall–Kier alpha value is -3.41. The van der Waals surface area contributed by atoms with E-state index in [1.165, 1.54) is 83.5 Å². The van der Waals surface area contributed by atoms with E-state index in [1.54, 1.807) is 6.08 Å². The van der Waals surface area contributed by atoms with Crippen molar-refractivity contribution < 1.29 is 39.8 Å². The van der Waals surface area contributed by atoms with Crippen LogP contribution in [0.1, 0.15) is 206 Å². The van der Waals surface area contributed by atoms with Crippen LogP contribution in [0, 0.1) is 0 Å². The molecule has 1 amide bonds. The number of aliphatic hydroxyl groups excluding tert-OH is 5. The highest BCUT2D eigenvalue weighted by atomic mass is 16.7. The minimum absolute atomic E-state index is 0.198. The number of rotatable bonds is 46. The first-order valence-electron chi connectivity index (χ1n) is 28.3. The number of hydrogen-bond acceptors (Lipinski definition) is 8.